The van der Waals surface area contributed by atoms with E-state index in [1.165, 1.54) is 111 Å². The summed E-state index contributed by atoms with van der Waals surface area (Å²) in [5.41, 5.74) is 24.1. The molecule has 0 spiro atoms. The molecule has 9 aromatic rings. The highest BCUT2D eigenvalue weighted by atomic mass is 15.1. The van der Waals surface area contributed by atoms with E-state index in [0.29, 0.717) is 0 Å². The number of nitrogens with zero attached hydrogens (tertiary/aromatic N) is 2. The van der Waals surface area contributed by atoms with Gasteiger partial charge in [0.1, 0.15) is 0 Å². The van der Waals surface area contributed by atoms with E-state index in [-0.39, 0.29) is 19.0 Å². The largest absolute Gasteiger partial charge is 0.377 e. The Balaban J connectivity index is 1.02. The highest BCUT2D eigenvalue weighted by Gasteiger charge is 2.48. The fourth-order valence-corrected chi connectivity index (χ4v) is 11.1. The Labute approximate surface area is 321 Å². The Hall–Kier alpha value is -6.51. The molecule has 0 saturated carbocycles. The van der Waals surface area contributed by atoms with Gasteiger partial charge in [-0.15, -0.1) is 0 Å². The Morgan fingerprint density at radius 3 is 1.67 bits per heavy atom. The van der Waals surface area contributed by atoms with Crippen molar-refractivity contribution in [2.75, 3.05) is 4.81 Å². The summed E-state index contributed by atoms with van der Waals surface area (Å²) in [6.45, 7) is 4.99. The van der Waals surface area contributed by atoms with Crippen molar-refractivity contribution in [3.8, 4) is 39.1 Å². The molecule has 4 aliphatic rings. The third-order valence-corrected chi connectivity index (χ3v) is 13.4. The third-order valence-electron chi connectivity index (χ3n) is 13.4. The molecule has 55 heavy (non-hydrogen) atoms. The van der Waals surface area contributed by atoms with Crippen LogP contribution < -0.4 is 32.1 Å². The number of benzene rings is 8. The maximum atomic E-state index is 2.68. The molecule has 4 heterocycles. The highest BCUT2D eigenvalue weighted by Crippen LogP contribution is 2.51. The van der Waals surface area contributed by atoms with Crippen LogP contribution in [0.2, 0.25) is 0 Å². The summed E-state index contributed by atoms with van der Waals surface area (Å²) < 4.78 is 2.49. The van der Waals surface area contributed by atoms with E-state index in [2.05, 4.69) is 193 Å². The number of para-hydroxylation sites is 3. The van der Waals surface area contributed by atoms with E-state index in [1.807, 2.05) is 0 Å². The van der Waals surface area contributed by atoms with Gasteiger partial charge in [-0.3, -0.25) is 0 Å². The minimum Gasteiger partial charge on any atom is -0.377 e. The quantitative estimate of drug-likeness (QED) is 0.164. The Morgan fingerprint density at radius 2 is 0.982 bits per heavy atom. The fourth-order valence-electron chi connectivity index (χ4n) is 11.1. The molecule has 8 aromatic carbocycles. The van der Waals surface area contributed by atoms with Crippen LogP contribution in [0.1, 0.15) is 25.0 Å². The van der Waals surface area contributed by atoms with Crippen molar-refractivity contribution in [1.29, 1.82) is 0 Å². The predicted octanol–water partition coefficient (Wildman–Crippen LogP) is 8.82. The first-order valence-electron chi connectivity index (χ1n) is 19.6. The van der Waals surface area contributed by atoms with Gasteiger partial charge in [-0.1, -0.05) is 159 Å². The molecule has 1 aliphatic carbocycles. The fraction of sp³-hybridized carbons (Fsp3) is 0.0588. The molecular formula is C51H34B2N2. The van der Waals surface area contributed by atoms with Gasteiger partial charge in [0.2, 0.25) is 6.71 Å². The van der Waals surface area contributed by atoms with Gasteiger partial charge in [-0.25, -0.2) is 0 Å². The Kier molecular flexibility index (Phi) is 5.63. The molecule has 0 saturated heterocycles. The average Bonchev–Trinajstić information content (AvgIpc) is 3.68. The topological polar surface area (TPSA) is 8.17 Å². The Bertz CT molecular complexity index is 3050. The highest BCUT2D eigenvalue weighted by molar-refractivity contribution is 7.01. The van der Waals surface area contributed by atoms with Crippen molar-refractivity contribution >= 4 is 74.1 Å². The second-order valence-electron chi connectivity index (χ2n) is 16.4. The summed E-state index contributed by atoms with van der Waals surface area (Å²) in [5, 5.41) is 2.60. The second-order valence-corrected chi connectivity index (χ2v) is 16.4. The van der Waals surface area contributed by atoms with Crippen molar-refractivity contribution in [2.45, 2.75) is 19.3 Å². The minimum atomic E-state index is -0.0657. The monoisotopic (exact) mass is 696 g/mol. The van der Waals surface area contributed by atoms with Crippen LogP contribution in [0.4, 0.5) is 11.4 Å². The van der Waals surface area contributed by atoms with Crippen molar-refractivity contribution < 1.29 is 0 Å². The smallest absolute Gasteiger partial charge is 0.329 e. The number of hydrogen-bond donors (Lipinski definition) is 0. The number of hydrogen-bond acceptors (Lipinski definition) is 1. The van der Waals surface area contributed by atoms with Crippen LogP contribution in [0.25, 0.3) is 60.9 Å². The molecule has 0 bridgehead atoms. The lowest BCUT2D eigenvalue weighted by atomic mass is 9.32. The summed E-state index contributed by atoms with van der Waals surface area (Å²) in [7, 11) is 0. The minimum absolute atomic E-state index is 0.0657. The molecule has 0 amide bonds. The van der Waals surface area contributed by atoms with Crippen molar-refractivity contribution in [2.24, 2.45) is 0 Å². The van der Waals surface area contributed by atoms with Crippen LogP contribution in [-0.2, 0) is 5.41 Å². The second kappa shape index (κ2) is 10.4. The first kappa shape index (κ1) is 29.9. The molecule has 1 aromatic heterocycles. The average molecular weight is 696 g/mol. The zero-order chi connectivity index (χ0) is 36.2. The van der Waals surface area contributed by atoms with Crippen LogP contribution in [-0.4, -0.2) is 18.1 Å². The zero-order valence-corrected chi connectivity index (χ0v) is 30.7. The van der Waals surface area contributed by atoms with Crippen LogP contribution in [0, 0.1) is 0 Å². The first-order valence-corrected chi connectivity index (χ1v) is 19.6. The van der Waals surface area contributed by atoms with Gasteiger partial charge in [0.15, 0.2) is 0 Å². The van der Waals surface area contributed by atoms with E-state index < -0.39 is 0 Å². The van der Waals surface area contributed by atoms with Crippen LogP contribution >= 0.6 is 0 Å². The maximum absolute atomic E-state index is 2.68. The summed E-state index contributed by atoms with van der Waals surface area (Å²) >= 11 is 0. The molecule has 0 fully saturated rings. The summed E-state index contributed by atoms with van der Waals surface area (Å²) in [6, 6.07) is 64.4. The molecule has 254 valence electrons. The first-order chi connectivity index (χ1) is 27.1. The van der Waals surface area contributed by atoms with Gasteiger partial charge in [-0.2, -0.15) is 0 Å². The molecular weight excluding hydrogens is 662 g/mol. The third kappa shape index (κ3) is 3.68. The molecule has 0 N–H and O–H groups in total. The molecule has 2 nitrogen and oxygen atoms in total. The van der Waals surface area contributed by atoms with E-state index in [1.54, 1.807) is 0 Å². The number of aromatic nitrogens is 1. The van der Waals surface area contributed by atoms with E-state index in [4.69, 9.17) is 0 Å². The van der Waals surface area contributed by atoms with Gasteiger partial charge in [0.05, 0.1) is 11.0 Å². The molecule has 0 unspecified atom stereocenters. The van der Waals surface area contributed by atoms with Gasteiger partial charge in [-0.05, 0) is 85.6 Å². The van der Waals surface area contributed by atoms with Gasteiger partial charge in [0, 0.05) is 44.4 Å². The van der Waals surface area contributed by atoms with Crippen molar-refractivity contribution in [3.63, 3.8) is 0 Å². The van der Waals surface area contributed by atoms with Gasteiger partial charge < -0.3 is 9.38 Å². The molecule has 4 heteroatoms. The van der Waals surface area contributed by atoms with Crippen molar-refractivity contribution in [3.05, 3.63) is 181 Å². The predicted molar refractivity (Wildman–Crippen MR) is 234 cm³/mol. The number of anilines is 2. The SMILES string of the molecule is CC1(C)c2ccccc2-c2cc3c4ccccc4n(-c4ccc(B5c6cccc7c6N6B(c8ccccc8-7)c7ccccc7-c7cccc5c76)cc4)c3cc21. The van der Waals surface area contributed by atoms with Gasteiger partial charge >= 0.3 is 6.85 Å². The Morgan fingerprint density at radius 1 is 0.418 bits per heavy atom. The number of rotatable bonds is 2. The standard InChI is InChI=1S/C51H34B2N2/c1-51(2)41-19-7-3-13-33(41)39-29-40-36-16-6-10-24-47(36)54(48(40)30-42(39)51)32-27-25-31(26-28-32)52-45-22-11-17-37-34-14-4-8-20-43(34)53-44-21-9-5-15-35(44)38-18-12-23-46(52)50(38)55(53)49(37)45/h3-30H,1-2H3. The van der Waals surface area contributed by atoms with Crippen LogP contribution in [0.15, 0.2) is 170 Å². The molecule has 3 aliphatic heterocycles. The van der Waals surface area contributed by atoms with E-state index in [9.17, 15) is 0 Å². The van der Waals surface area contributed by atoms with Crippen molar-refractivity contribution in [1.82, 2.24) is 4.57 Å². The summed E-state index contributed by atoms with van der Waals surface area (Å²) in [5.74, 6) is 0. The maximum Gasteiger partial charge on any atom is 0.329 e. The van der Waals surface area contributed by atoms with E-state index >= 15 is 0 Å². The van der Waals surface area contributed by atoms with Crippen LogP contribution in [0.5, 0.6) is 0 Å². The molecule has 0 atom stereocenters. The summed E-state index contributed by atoms with van der Waals surface area (Å²) in [6.07, 6.45) is 0. The zero-order valence-electron chi connectivity index (χ0n) is 30.7. The summed E-state index contributed by atoms with van der Waals surface area (Å²) in [4.78, 5) is 2.68. The van der Waals surface area contributed by atoms with Gasteiger partial charge in [0.25, 0.3) is 0 Å². The number of fused-ring (bicyclic) bond motifs is 12. The normalized spacial score (nSPS) is 14.8. The lowest BCUT2D eigenvalue weighted by Gasteiger charge is -2.49. The van der Waals surface area contributed by atoms with E-state index in [0.717, 1.165) is 0 Å². The molecule has 13 rings (SSSR count). The lowest BCUT2D eigenvalue weighted by molar-refractivity contribution is 0.661. The molecule has 0 radical (unpaired) electrons. The lowest BCUT2D eigenvalue weighted by Crippen LogP contribution is -2.67. The van der Waals surface area contributed by atoms with Crippen LogP contribution in [0.3, 0.4) is 0 Å².